The molecule has 0 bridgehead atoms. The summed E-state index contributed by atoms with van der Waals surface area (Å²) in [5.74, 6) is -0.816. The molecule has 8 nitrogen and oxygen atoms in total. The van der Waals surface area contributed by atoms with Crippen LogP contribution < -0.4 is 15.4 Å². The third kappa shape index (κ3) is 14.6. The summed E-state index contributed by atoms with van der Waals surface area (Å²) in [5, 5.41) is 13.5. The van der Waals surface area contributed by atoms with Gasteiger partial charge in [0.1, 0.15) is 0 Å². The number of carbonyl (C=O) groups is 2. The Kier molecular flexibility index (Phi) is 8.88. The predicted molar refractivity (Wildman–Crippen MR) is 70.4 cm³/mol. The van der Waals surface area contributed by atoms with E-state index in [1.807, 2.05) is 0 Å². The van der Waals surface area contributed by atoms with Gasteiger partial charge in [0.15, 0.2) is 0 Å². The quantitative estimate of drug-likeness (QED) is 0.404. The van der Waals surface area contributed by atoms with Crippen molar-refractivity contribution in [2.75, 3.05) is 25.9 Å². The highest BCUT2D eigenvalue weighted by molar-refractivity contribution is 7.88. The van der Waals surface area contributed by atoms with E-state index in [0.717, 1.165) is 12.7 Å². The lowest BCUT2D eigenvalue weighted by Gasteiger charge is -2.07. The Morgan fingerprint density at radius 1 is 1.00 bits per heavy atom. The minimum Gasteiger partial charge on any atom is -0.481 e. The van der Waals surface area contributed by atoms with E-state index in [1.54, 1.807) is 0 Å². The zero-order valence-electron chi connectivity index (χ0n) is 10.9. The highest BCUT2D eigenvalue weighted by Gasteiger charge is 2.02. The summed E-state index contributed by atoms with van der Waals surface area (Å²) in [7, 11) is -3.23. The van der Waals surface area contributed by atoms with Crippen LogP contribution in [-0.4, -0.2) is 51.4 Å². The average Bonchev–Trinajstić information content (AvgIpc) is 2.27. The van der Waals surface area contributed by atoms with Crippen LogP contribution in [0.3, 0.4) is 0 Å². The van der Waals surface area contributed by atoms with Crippen LogP contribution in [0.4, 0.5) is 4.79 Å². The number of amides is 2. The first-order valence-electron chi connectivity index (χ1n) is 5.99. The highest BCUT2D eigenvalue weighted by Crippen LogP contribution is 1.98. The van der Waals surface area contributed by atoms with Crippen LogP contribution >= 0.6 is 0 Å². The van der Waals surface area contributed by atoms with E-state index < -0.39 is 16.0 Å². The van der Waals surface area contributed by atoms with E-state index in [9.17, 15) is 18.0 Å². The van der Waals surface area contributed by atoms with Gasteiger partial charge in [-0.1, -0.05) is 6.42 Å². The first-order valence-corrected chi connectivity index (χ1v) is 7.88. The van der Waals surface area contributed by atoms with Gasteiger partial charge in [0.2, 0.25) is 10.0 Å². The molecule has 0 spiro atoms. The fraction of sp³-hybridized carbons (Fsp3) is 0.800. The van der Waals surface area contributed by atoms with Gasteiger partial charge >= 0.3 is 12.0 Å². The summed E-state index contributed by atoms with van der Waals surface area (Å²) in [6.07, 6.45) is 3.23. The molecule has 0 fully saturated rings. The van der Waals surface area contributed by atoms with Crippen molar-refractivity contribution in [1.82, 2.24) is 15.4 Å². The minimum atomic E-state index is -3.23. The lowest BCUT2D eigenvalue weighted by molar-refractivity contribution is -0.137. The number of carboxylic acid groups (broad SMARTS) is 1. The van der Waals surface area contributed by atoms with E-state index in [2.05, 4.69) is 15.4 Å². The number of carboxylic acids is 1. The van der Waals surface area contributed by atoms with Crippen LogP contribution in [0.5, 0.6) is 0 Å². The number of urea groups is 1. The van der Waals surface area contributed by atoms with Crippen molar-refractivity contribution in [1.29, 1.82) is 0 Å². The molecule has 0 unspecified atom stereocenters. The Labute approximate surface area is 113 Å². The highest BCUT2D eigenvalue weighted by atomic mass is 32.2. The fourth-order valence-corrected chi connectivity index (χ4v) is 1.73. The maximum absolute atomic E-state index is 11.2. The normalized spacial score (nSPS) is 11.0. The van der Waals surface area contributed by atoms with Gasteiger partial charge in [-0.05, 0) is 12.8 Å². The Hall–Kier alpha value is -1.35. The Bertz CT molecular complexity index is 383. The number of sulfonamides is 1. The lowest BCUT2D eigenvalue weighted by atomic mass is 10.2. The number of hydrogen-bond donors (Lipinski definition) is 4. The van der Waals surface area contributed by atoms with Crippen molar-refractivity contribution < 1.29 is 23.1 Å². The first kappa shape index (κ1) is 17.6. The number of aliphatic carboxylic acids is 1. The molecular weight excluding hydrogens is 274 g/mol. The molecule has 0 aliphatic carbocycles. The molecule has 0 atom stereocenters. The minimum absolute atomic E-state index is 0.142. The molecule has 0 saturated carbocycles. The van der Waals surface area contributed by atoms with Gasteiger partial charge in [-0.3, -0.25) is 4.79 Å². The second-order valence-electron chi connectivity index (χ2n) is 4.05. The molecule has 0 aromatic heterocycles. The molecule has 0 heterocycles. The Morgan fingerprint density at radius 2 is 1.63 bits per heavy atom. The lowest BCUT2D eigenvalue weighted by Crippen LogP contribution is -2.40. The molecule has 9 heteroatoms. The number of rotatable bonds is 10. The van der Waals surface area contributed by atoms with Crippen LogP contribution in [0.15, 0.2) is 0 Å². The second-order valence-corrected chi connectivity index (χ2v) is 5.89. The molecule has 2 amide bonds. The summed E-state index contributed by atoms with van der Waals surface area (Å²) < 4.78 is 23.7. The second kappa shape index (κ2) is 9.56. The zero-order chi connectivity index (χ0) is 14.7. The number of hydrogen-bond acceptors (Lipinski definition) is 4. The van der Waals surface area contributed by atoms with Crippen LogP contribution in [0, 0.1) is 0 Å². The van der Waals surface area contributed by atoms with Crippen molar-refractivity contribution in [3.63, 3.8) is 0 Å². The summed E-state index contributed by atoms with van der Waals surface area (Å²) in [6.45, 7) is 0.813. The maximum atomic E-state index is 11.2. The third-order valence-electron chi connectivity index (χ3n) is 2.13. The molecule has 19 heavy (non-hydrogen) atoms. The average molecular weight is 295 g/mol. The van der Waals surface area contributed by atoms with Crippen LogP contribution in [0.25, 0.3) is 0 Å². The van der Waals surface area contributed by atoms with E-state index in [-0.39, 0.29) is 25.5 Å². The summed E-state index contributed by atoms with van der Waals surface area (Å²) in [6, 6.07) is -0.367. The molecule has 0 aromatic rings. The van der Waals surface area contributed by atoms with Crippen molar-refractivity contribution in [2.45, 2.75) is 25.7 Å². The molecular formula is C10H21N3O5S. The molecule has 112 valence electrons. The van der Waals surface area contributed by atoms with E-state index in [0.29, 0.717) is 19.4 Å². The van der Waals surface area contributed by atoms with E-state index in [4.69, 9.17) is 5.11 Å². The van der Waals surface area contributed by atoms with Gasteiger partial charge in [-0.2, -0.15) is 0 Å². The predicted octanol–water partition coefficient (Wildman–Crippen LogP) is -0.520. The molecule has 0 radical (unpaired) electrons. The zero-order valence-corrected chi connectivity index (χ0v) is 11.8. The standard InChI is InChI=1S/C10H21N3O5S/c1-19(17,18)13-8-7-12-10(16)11-6-4-2-3-5-9(14)15/h13H,2-8H2,1H3,(H,14,15)(H2,11,12,16). The third-order valence-corrected chi connectivity index (χ3v) is 2.86. The van der Waals surface area contributed by atoms with Gasteiger partial charge in [0, 0.05) is 26.1 Å². The van der Waals surface area contributed by atoms with Gasteiger partial charge < -0.3 is 15.7 Å². The molecule has 0 rings (SSSR count). The number of unbranched alkanes of at least 4 members (excludes halogenated alkanes) is 2. The largest absolute Gasteiger partial charge is 0.481 e. The molecule has 0 aliphatic heterocycles. The summed E-state index contributed by atoms with van der Waals surface area (Å²) >= 11 is 0. The van der Waals surface area contributed by atoms with Crippen LogP contribution in [-0.2, 0) is 14.8 Å². The van der Waals surface area contributed by atoms with E-state index in [1.165, 1.54) is 0 Å². The maximum Gasteiger partial charge on any atom is 0.314 e. The van der Waals surface area contributed by atoms with Crippen molar-refractivity contribution in [2.24, 2.45) is 0 Å². The van der Waals surface area contributed by atoms with Gasteiger partial charge in [-0.15, -0.1) is 0 Å². The Morgan fingerprint density at radius 3 is 2.21 bits per heavy atom. The first-order chi connectivity index (χ1) is 8.81. The monoisotopic (exact) mass is 295 g/mol. The molecule has 0 saturated heterocycles. The molecule has 4 N–H and O–H groups in total. The van der Waals surface area contributed by atoms with Crippen LogP contribution in [0.2, 0.25) is 0 Å². The smallest absolute Gasteiger partial charge is 0.314 e. The van der Waals surface area contributed by atoms with Gasteiger partial charge in [0.05, 0.1) is 6.26 Å². The number of nitrogens with one attached hydrogen (secondary N) is 3. The van der Waals surface area contributed by atoms with Gasteiger partial charge in [-0.25, -0.2) is 17.9 Å². The topological polar surface area (TPSA) is 125 Å². The SMILES string of the molecule is CS(=O)(=O)NCCNC(=O)NCCCCCC(=O)O. The Balaban J connectivity index is 3.38. The summed E-state index contributed by atoms with van der Waals surface area (Å²) in [5.41, 5.74) is 0. The van der Waals surface area contributed by atoms with E-state index >= 15 is 0 Å². The molecule has 0 aromatic carbocycles. The van der Waals surface area contributed by atoms with Crippen LogP contribution in [0.1, 0.15) is 25.7 Å². The van der Waals surface area contributed by atoms with Crippen molar-refractivity contribution in [3.8, 4) is 0 Å². The van der Waals surface area contributed by atoms with Crippen molar-refractivity contribution >= 4 is 22.0 Å². The number of carbonyl (C=O) groups excluding carboxylic acids is 1. The molecule has 0 aliphatic rings. The van der Waals surface area contributed by atoms with Gasteiger partial charge in [0.25, 0.3) is 0 Å². The summed E-state index contributed by atoms with van der Waals surface area (Å²) in [4.78, 5) is 21.4. The fourth-order valence-electron chi connectivity index (χ4n) is 1.25. The van der Waals surface area contributed by atoms with Crippen molar-refractivity contribution in [3.05, 3.63) is 0 Å².